The summed E-state index contributed by atoms with van der Waals surface area (Å²) in [5, 5.41) is 28.3. The molecule has 2 amide bonds. The number of aromatic nitrogens is 2. The zero-order chi connectivity index (χ0) is 20.5. The van der Waals surface area contributed by atoms with Crippen molar-refractivity contribution in [3.63, 3.8) is 0 Å². The largest absolute Gasteiger partial charge is 0.322 e. The van der Waals surface area contributed by atoms with E-state index >= 15 is 0 Å². The van der Waals surface area contributed by atoms with Gasteiger partial charge >= 0.3 is 0 Å². The maximum absolute atomic E-state index is 12.6. The lowest BCUT2D eigenvalue weighted by atomic mass is 9.72. The molecule has 0 unspecified atom stereocenters. The van der Waals surface area contributed by atoms with Crippen LogP contribution in [0.5, 0.6) is 0 Å². The SMILES string of the molecule is Cc1nn(C)c(C)c1NC(=O)[C@@H](C)SC1=C(C#N)C(C)(C)[C@H](C#N)C(=O)N1. The summed E-state index contributed by atoms with van der Waals surface area (Å²) in [6.45, 7) is 8.73. The molecule has 27 heavy (non-hydrogen) atoms. The van der Waals surface area contributed by atoms with E-state index in [-0.39, 0.29) is 5.91 Å². The first-order chi connectivity index (χ1) is 12.5. The summed E-state index contributed by atoms with van der Waals surface area (Å²) in [6, 6.07) is 4.05. The molecule has 1 aromatic heterocycles. The van der Waals surface area contributed by atoms with Crippen LogP contribution in [-0.4, -0.2) is 26.8 Å². The minimum absolute atomic E-state index is 0.265. The molecular formula is C18H22N6O2S. The Morgan fingerprint density at radius 1 is 1.41 bits per heavy atom. The molecule has 0 saturated carbocycles. The Morgan fingerprint density at radius 3 is 2.52 bits per heavy atom. The molecule has 9 heteroatoms. The summed E-state index contributed by atoms with van der Waals surface area (Å²) in [7, 11) is 1.80. The van der Waals surface area contributed by atoms with Crippen molar-refractivity contribution in [3.8, 4) is 12.1 Å². The summed E-state index contributed by atoms with van der Waals surface area (Å²) in [5.41, 5.74) is 1.57. The van der Waals surface area contributed by atoms with Crippen LogP contribution in [0.15, 0.2) is 10.6 Å². The van der Waals surface area contributed by atoms with Crippen LogP contribution in [0, 0.1) is 47.8 Å². The third-order valence-corrected chi connectivity index (χ3v) is 5.86. The minimum Gasteiger partial charge on any atom is -0.322 e. The zero-order valence-electron chi connectivity index (χ0n) is 16.2. The molecule has 1 aliphatic rings. The van der Waals surface area contributed by atoms with Gasteiger partial charge in [0, 0.05) is 12.5 Å². The number of carbonyl (C=O) groups is 2. The number of allylic oxidation sites excluding steroid dienone is 1. The van der Waals surface area contributed by atoms with Gasteiger partial charge in [0.2, 0.25) is 11.8 Å². The Labute approximate surface area is 162 Å². The van der Waals surface area contributed by atoms with Gasteiger partial charge in [-0.2, -0.15) is 15.6 Å². The molecule has 0 spiro atoms. The predicted molar refractivity (Wildman–Crippen MR) is 102 cm³/mol. The van der Waals surface area contributed by atoms with Crippen LogP contribution in [0.2, 0.25) is 0 Å². The molecular weight excluding hydrogens is 364 g/mol. The van der Waals surface area contributed by atoms with Gasteiger partial charge in [0.25, 0.3) is 0 Å². The number of nitrogens with zero attached hydrogens (tertiary/aromatic N) is 4. The van der Waals surface area contributed by atoms with Crippen molar-refractivity contribution < 1.29 is 9.59 Å². The van der Waals surface area contributed by atoms with Crippen molar-refractivity contribution in [2.24, 2.45) is 18.4 Å². The van der Waals surface area contributed by atoms with Gasteiger partial charge in [-0.25, -0.2) is 0 Å². The third kappa shape index (κ3) is 3.69. The van der Waals surface area contributed by atoms with Crippen LogP contribution >= 0.6 is 11.8 Å². The van der Waals surface area contributed by atoms with Crippen LogP contribution in [-0.2, 0) is 16.6 Å². The number of thioether (sulfide) groups is 1. The highest BCUT2D eigenvalue weighted by atomic mass is 32.2. The number of hydrogen-bond acceptors (Lipinski definition) is 6. The molecule has 0 fully saturated rings. The van der Waals surface area contributed by atoms with Gasteiger partial charge < -0.3 is 10.6 Å². The van der Waals surface area contributed by atoms with E-state index in [2.05, 4.69) is 21.8 Å². The van der Waals surface area contributed by atoms with Gasteiger partial charge in [-0.1, -0.05) is 25.6 Å². The molecule has 8 nitrogen and oxygen atoms in total. The van der Waals surface area contributed by atoms with E-state index in [0.29, 0.717) is 22.0 Å². The van der Waals surface area contributed by atoms with Crippen LogP contribution in [0.25, 0.3) is 0 Å². The average Bonchev–Trinajstić information content (AvgIpc) is 2.80. The zero-order valence-corrected chi connectivity index (χ0v) is 17.0. The van der Waals surface area contributed by atoms with Crippen molar-refractivity contribution in [1.29, 1.82) is 10.5 Å². The molecule has 0 radical (unpaired) electrons. The molecule has 1 aromatic rings. The summed E-state index contributed by atoms with van der Waals surface area (Å²) in [6.07, 6.45) is 0. The number of hydrogen-bond donors (Lipinski definition) is 2. The van der Waals surface area contributed by atoms with Gasteiger partial charge in [-0.3, -0.25) is 14.3 Å². The van der Waals surface area contributed by atoms with Crippen LogP contribution in [0.1, 0.15) is 32.2 Å². The van der Waals surface area contributed by atoms with E-state index in [4.69, 9.17) is 0 Å². The monoisotopic (exact) mass is 386 g/mol. The number of nitriles is 2. The highest BCUT2D eigenvalue weighted by Crippen LogP contribution is 2.42. The topological polar surface area (TPSA) is 124 Å². The second kappa shape index (κ2) is 7.45. The van der Waals surface area contributed by atoms with Crippen LogP contribution in [0.4, 0.5) is 5.69 Å². The van der Waals surface area contributed by atoms with Crippen molar-refractivity contribution in [3.05, 3.63) is 22.0 Å². The van der Waals surface area contributed by atoms with E-state index in [9.17, 15) is 20.1 Å². The normalized spacial score (nSPS) is 19.7. The molecule has 2 heterocycles. The first-order valence-electron chi connectivity index (χ1n) is 8.37. The number of nitrogens with one attached hydrogen (secondary N) is 2. The Balaban J connectivity index is 2.25. The Bertz CT molecular complexity index is 916. The van der Waals surface area contributed by atoms with E-state index < -0.39 is 22.5 Å². The van der Waals surface area contributed by atoms with Crippen LogP contribution in [0.3, 0.4) is 0 Å². The van der Waals surface area contributed by atoms with Crippen molar-refractivity contribution in [1.82, 2.24) is 15.1 Å². The molecule has 0 bridgehead atoms. The van der Waals surface area contributed by atoms with E-state index in [0.717, 1.165) is 17.5 Å². The number of rotatable bonds is 4. The predicted octanol–water partition coefficient (Wildman–Crippen LogP) is 2.13. The Morgan fingerprint density at radius 2 is 2.04 bits per heavy atom. The van der Waals surface area contributed by atoms with Crippen molar-refractivity contribution in [2.45, 2.75) is 39.9 Å². The molecule has 0 aliphatic carbocycles. The van der Waals surface area contributed by atoms with Gasteiger partial charge in [0.15, 0.2) is 0 Å². The maximum atomic E-state index is 12.6. The molecule has 142 valence electrons. The van der Waals surface area contributed by atoms with Gasteiger partial charge in [0.1, 0.15) is 5.92 Å². The quantitative estimate of drug-likeness (QED) is 0.817. The lowest BCUT2D eigenvalue weighted by molar-refractivity contribution is -0.125. The Kier molecular flexibility index (Phi) is 5.67. The highest BCUT2D eigenvalue weighted by Gasteiger charge is 2.45. The maximum Gasteiger partial charge on any atom is 0.243 e. The summed E-state index contributed by atoms with van der Waals surface area (Å²) < 4.78 is 1.69. The first-order valence-corrected chi connectivity index (χ1v) is 9.25. The lowest BCUT2D eigenvalue weighted by Crippen LogP contribution is -2.45. The molecule has 0 saturated heterocycles. The third-order valence-electron chi connectivity index (χ3n) is 4.75. The molecule has 2 atom stereocenters. The number of anilines is 1. The molecule has 1 aliphatic heterocycles. The number of amides is 2. The molecule has 0 aromatic carbocycles. The fourth-order valence-corrected chi connectivity index (χ4v) is 4.03. The number of carbonyl (C=O) groups excluding carboxylic acids is 2. The van der Waals surface area contributed by atoms with Crippen molar-refractivity contribution in [2.75, 3.05) is 5.32 Å². The van der Waals surface area contributed by atoms with E-state index in [1.165, 1.54) is 0 Å². The minimum atomic E-state index is -0.957. The first kappa shape index (κ1) is 20.5. The van der Waals surface area contributed by atoms with E-state index in [1.807, 2.05) is 19.9 Å². The van der Waals surface area contributed by atoms with Gasteiger partial charge in [-0.15, -0.1) is 0 Å². The fraction of sp³-hybridized carbons (Fsp3) is 0.500. The average molecular weight is 386 g/mol. The standard InChI is InChI=1S/C18H22N6O2S/c1-9-14(10(2)24(6)23-9)21-15(25)11(3)27-17-13(8-20)18(4,5)12(7-19)16(26)22-17/h11-12H,1-6H3,(H,21,25)(H,22,26)/t11-,12-/m1/s1. The number of aryl methyl sites for hydroxylation is 2. The smallest absolute Gasteiger partial charge is 0.243 e. The van der Waals surface area contributed by atoms with Crippen molar-refractivity contribution >= 4 is 29.3 Å². The van der Waals surface area contributed by atoms with E-state index in [1.54, 1.807) is 32.5 Å². The molecule has 2 N–H and O–H groups in total. The Hall–Kier alpha value is -2.78. The fourth-order valence-electron chi connectivity index (χ4n) is 2.92. The van der Waals surface area contributed by atoms with Gasteiger partial charge in [-0.05, 0) is 20.8 Å². The lowest BCUT2D eigenvalue weighted by Gasteiger charge is -2.35. The van der Waals surface area contributed by atoms with Gasteiger partial charge in [0.05, 0.1) is 45.1 Å². The molecule has 2 rings (SSSR count). The summed E-state index contributed by atoms with van der Waals surface area (Å²) in [4.78, 5) is 24.9. The summed E-state index contributed by atoms with van der Waals surface area (Å²) in [5.74, 6) is -1.68. The second-order valence-corrected chi connectivity index (χ2v) is 8.36. The second-order valence-electron chi connectivity index (χ2n) is 7.01. The highest BCUT2D eigenvalue weighted by molar-refractivity contribution is 8.04. The van der Waals surface area contributed by atoms with Crippen LogP contribution < -0.4 is 10.6 Å². The summed E-state index contributed by atoms with van der Waals surface area (Å²) >= 11 is 1.09.